The summed E-state index contributed by atoms with van der Waals surface area (Å²) in [7, 11) is 11.4. The molecule has 2 N–H and O–H groups in total. The van der Waals surface area contributed by atoms with Crippen LogP contribution in [0.5, 0.6) is 0 Å². The van der Waals surface area contributed by atoms with E-state index >= 15 is 0 Å². The van der Waals surface area contributed by atoms with Crippen molar-refractivity contribution in [3.8, 4) is 0 Å². The van der Waals surface area contributed by atoms with E-state index in [1.807, 2.05) is 120 Å². The number of thiocarbonyl (C=S) groups is 2. The first-order chi connectivity index (χ1) is 17.9. The van der Waals surface area contributed by atoms with E-state index in [9.17, 15) is 0 Å². The predicted octanol–water partition coefficient (Wildman–Crippen LogP) is 2.94. The minimum absolute atomic E-state index is 0. The molecule has 2 aromatic rings. The Labute approximate surface area is 268 Å². The number of amidine groups is 2. The molecule has 0 fully saturated rings. The molecule has 0 saturated carbocycles. The van der Waals surface area contributed by atoms with Crippen molar-refractivity contribution < 1.29 is 22.4 Å². The number of nitrogens with one attached hydrogen (secondary N) is 2. The van der Waals surface area contributed by atoms with Crippen LogP contribution in [-0.2, 0) is 47.6 Å². The maximum Gasteiger partial charge on any atom is 3.00 e. The number of hydrogen-bond acceptors (Lipinski definition) is 10. The minimum atomic E-state index is 0. The third-order valence-electron chi connectivity index (χ3n) is 5.30. The van der Waals surface area contributed by atoms with E-state index in [1.54, 1.807) is 0 Å². The molecule has 2 aliphatic rings. The topological polar surface area (TPSA) is 68.2 Å². The van der Waals surface area contributed by atoms with E-state index in [-0.39, 0.29) is 22.4 Å². The van der Waals surface area contributed by atoms with Crippen LogP contribution in [0.2, 0.25) is 0 Å². The summed E-state index contributed by atoms with van der Waals surface area (Å²) < 4.78 is 0. The van der Waals surface area contributed by atoms with Crippen molar-refractivity contribution in [2.45, 2.75) is 0 Å². The molecule has 2 aromatic carbocycles. The summed E-state index contributed by atoms with van der Waals surface area (Å²) in [4.78, 5) is 7.65. The maximum absolute atomic E-state index is 5.24. The van der Waals surface area contributed by atoms with Crippen LogP contribution in [0.4, 0.5) is 22.7 Å². The van der Waals surface area contributed by atoms with Gasteiger partial charge in [-0.2, -0.15) is 10.2 Å². The number of anilines is 4. The van der Waals surface area contributed by atoms with E-state index in [1.165, 1.54) is 0 Å². The zero-order valence-electron chi connectivity index (χ0n) is 22.5. The van der Waals surface area contributed by atoms with Gasteiger partial charge in [-0.05, 0) is 60.8 Å². The van der Waals surface area contributed by atoms with Crippen LogP contribution in [0.15, 0.2) is 58.7 Å². The molecular weight excluding hydrogens is 754 g/mol. The molecular formula is C24H32AuN10S4+. The summed E-state index contributed by atoms with van der Waals surface area (Å²) in [6.45, 7) is 1.33. The van der Waals surface area contributed by atoms with Gasteiger partial charge in [-0.25, -0.2) is 0 Å². The van der Waals surface area contributed by atoms with Gasteiger partial charge < -0.3 is 55.5 Å². The van der Waals surface area contributed by atoms with E-state index in [4.69, 9.17) is 49.7 Å². The average Bonchev–Trinajstić information content (AvgIpc) is 3.38. The fraction of sp³-hybridized carbons (Fsp3) is 0.333. The third kappa shape index (κ3) is 9.31. The number of rotatable bonds is 4. The normalized spacial score (nSPS) is 14.0. The molecule has 0 amide bonds. The van der Waals surface area contributed by atoms with Crippen molar-refractivity contribution in [3.63, 3.8) is 0 Å². The van der Waals surface area contributed by atoms with Crippen molar-refractivity contribution in [1.29, 1.82) is 0 Å². The molecule has 10 nitrogen and oxygen atoms in total. The molecule has 0 bridgehead atoms. The second-order valence-corrected chi connectivity index (χ2v) is 10.5. The largest absolute Gasteiger partial charge is 3.00 e. The molecule has 0 aliphatic carbocycles. The first kappa shape index (κ1) is 32.8. The summed E-state index contributed by atoms with van der Waals surface area (Å²) in [5, 5.41) is 20.9. The van der Waals surface area contributed by atoms with Gasteiger partial charge in [0, 0.05) is 75.4 Å². The van der Waals surface area contributed by atoms with Gasteiger partial charge in [-0.15, -0.1) is 0 Å². The van der Waals surface area contributed by atoms with E-state index < -0.39 is 0 Å². The summed E-state index contributed by atoms with van der Waals surface area (Å²) in [6.07, 6.45) is 0. The molecule has 39 heavy (non-hydrogen) atoms. The van der Waals surface area contributed by atoms with Gasteiger partial charge in [0.05, 0.1) is 0 Å². The molecule has 0 radical (unpaired) electrons. The summed E-state index contributed by atoms with van der Waals surface area (Å²) >= 11 is 20.9. The van der Waals surface area contributed by atoms with Gasteiger partial charge in [0.2, 0.25) is 0 Å². The Balaban J connectivity index is 0.000000267. The SMILES string of the molecule is CN1CN(c2cccc(NC(=S)N(C)C)c2)C([S-])=N1.CN1CN(c2cccc(NC(=S)N(C)C)c2)C([S-])=N1.[Au+3]. The van der Waals surface area contributed by atoms with Gasteiger partial charge in [-0.3, -0.25) is 10.0 Å². The quantitative estimate of drug-likeness (QED) is 0.273. The van der Waals surface area contributed by atoms with Crippen LogP contribution in [0, 0.1) is 0 Å². The van der Waals surface area contributed by atoms with Crippen LogP contribution in [0.25, 0.3) is 0 Å². The third-order valence-corrected chi connectivity index (χ3v) is 6.84. The Kier molecular flexibility index (Phi) is 12.4. The molecule has 2 heterocycles. The first-order valence-corrected chi connectivity index (χ1v) is 13.2. The Morgan fingerprint density at radius 3 is 1.38 bits per heavy atom. The molecule has 0 aromatic heterocycles. The fourth-order valence-corrected chi connectivity index (χ4v) is 4.19. The maximum atomic E-state index is 5.24. The molecule has 212 valence electrons. The summed E-state index contributed by atoms with van der Waals surface area (Å²) in [5.41, 5.74) is 3.89. The second kappa shape index (κ2) is 14.8. The van der Waals surface area contributed by atoms with Gasteiger partial charge >= 0.3 is 22.4 Å². The zero-order chi connectivity index (χ0) is 28.0. The van der Waals surface area contributed by atoms with Gasteiger partial charge in [-0.1, -0.05) is 12.1 Å². The van der Waals surface area contributed by atoms with E-state index in [2.05, 4.69) is 20.8 Å². The van der Waals surface area contributed by atoms with E-state index in [0.717, 1.165) is 22.7 Å². The number of nitrogens with zero attached hydrogens (tertiary/aromatic N) is 8. The Morgan fingerprint density at radius 2 is 1.10 bits per heavy atom. The van der Waals surface area contributed by atoms with Crippen LogP contribution < -0.4 is 20.4 Å². The summed E-state index contributed by atoms with van der Waals surface area (Å²) in [5.74, 6) is 0. The van der Waals surface area contributed by atoms with Crippen molar-refractivity contribution in [3.05, 3.63) is 48.5 Å². The van der Waals surface area contributed by atoms with Crippen LogP contribution in [-0.4, -0.2) is 96.0 Å². The molecule has 15 heteroatoms. The standard InChI is InChI=1S/2C12H17N5S2.Au/c2*1-15(2)11(18)13-9-5-4-6-10(7-9)17-8-16(3)14-12(17)19;/h2*4-7H,8H2,1-3H3,(H,13,18)(H,14,19);/q;;+3/p-2. The molecule has 0 saturated heterocycles. The number of hydrazone groups is 2. The Hall–Kier alpha value is -2.46. The zero-order valence-corrected chi connectivity index (χ0v) is 28.0. The van der Waals surface area contributed by atoms with Crippen LogP contribution in [0.3, 0.4) is 0 Å². The molecule has 0 unspecified atom stereocenters. The molecule has 2 aliphatic heterocycles. The number of hydrogen-bond donors (Lipinski definition) is 2. The molecule has 0 atom stereocenters. The monoisotopic (exact) mass is 785 g/mol. The predicted molar refractivity (Wildman–Crippen MR) is 173 cm³/mol. The molecule has 4 rings (SSSR count). The minimum Gasteiger partial charge on any atom is -0.740 e. The van der Waals surface area contributed by atoms with Crippen molar-refractivity contribution in [2.24, 2.45) is 10.2 Å². The fourth-order valence-electron chi connectivity index (χ4n) is 3.35. The number of benzene rings is 2. The van der Waals surface area contributed by atoms with Crippen molar-refractivity contribution >= 4 is 93.0 Å². The van der Waals surface area contributed by atoms with Gasteiger partial charge in [0.15, 0.2) is 10.2 Å². The Bertz CT molecular complexity index is 1130. The molecule has 0 spiro atoms. The smallest absolute Gasteiger partial charge is 0.740 e. The van der Waals surface area contributed by atoms with Gasteiger partial charge in [0.1, 0.15) is 13.3 Å². The van der Waals surface area contributed by atoms with Crippen LogP contribution in [0.1, 0.15) is 0 Å². The first-order valence-electron chi connectivity index (χ1n) is 11.6. The van der Waals surface area contributed by atoms with Crippen molar-refractivity contribution in [1.82, 2.24) is 19.8 Å². The van der Waals surface area contributed by atoms with Crippen molar-refractivity contribution in [2.75, 3.05) is 76.1 Å². The second-order valence-electron chi connectivity index (χ2n) is 8.97. The van der Waals surface area contributed by atoms with Gasteiger partial charge in [0.25, 0.3) is 0 Å². The Morgan fingerprint density at radius 1 is 0.744 bits per heavy atom. The average molecular weight is 786 g/mol. The van der Waals surface area contributed by atoms with E-state index in [0.29, 0.717) is 33.9 Å². The van der Waals surface area contributed by atoms with Crippen LogP contribution >= 0.6 is 24.4 Å². The summed E-state index contributed by atoms with van der Waals surface area (Å²) in [6, 6.07) is 15.9.